The van der Waals surface area contributed by atoms with E-state index in [1.165, 1.54) is 11.8 Å². The third-order valence-corrected chi connectivity index (χ3v) is 5.77. The molecule has 1 atom stereocenters. The van der Waals surface area contributed by atoms with Gasteiger partial charge in [-0.3, -0.25) is 4.79 Å². The number of aliphatic carboxylic acids is 1. The Bertz CT molecular complexity index is 741. The summed E-state index contributed by atoms with van der Waals surface area (Å²) >= 11 is 1.48. The summed E-state index contributed by atoms with van der Waals surface area (Å²) in [5, 5.41) is 8.65. The van der Waals surface area contributed by atoms with Crippen LogP contribution in [0.15, 0.2) is 91.0 Å². The largest absolute Gasteiger partial charge is 0.481 e. The van der Waals surface area contributed by atoms with E-state index in [4.69, 9.17) is 5.73 Å². The molecule has 0 aliphatic rings. The van der Waals surface area contributed by atoms with Crippen molar-refractivity contribution in [3.05, 3.63) is 108 Å². The van der Waals surface area contributed by atoms with Crippen LogP contribution >= 0.6 is 11.8 Å². The molecule has 3 rings (SSSR count). The minimum atomic E-state index is -0.895. The molecule has 0 radical (unpaired) electrons. The van der Waals surface area contributed by atoms with Crippen LogP contribution in [0.3, 0.4) is 0 Å². The minimum absolute atomic E-state index is 0.0983. The Morgan fingerprint density at radius 3 is 1.46 bits per heavy atom. The first-order valence-corrected chi connectivity index (χ1v) is 9.32. The van der Waals surface area contributed by atoms with Gasteiger partial charge in [-0.1, -0.05) is 91.0 Å². The van der Waals surface area contributed by atoms with Crippen molar-refractivity contribution in [2.24, 2.45) is 5.73 Å². The van der Waals surface area contributed by atoms with Gasteiger partial charge in [-0.2, -0.15) is 0 Å². The summed E-state index contributed by atoms with van der Waals surface area (Å²) < 4.78 is -0.585. The van der Waals surface area contributed by atoms with Crippen molar-refractivity contribution >= 4 is 17.7 Å². The van der Waals surface area contributed by atoms with Crippen LogP contribution in [-0.4, -0.2) is 16.4 Å². The number of carbonyl (C=O) groups is 1. The Labute approximate surface area is 157 Å². The lowest BCUT2D eigenvalue weighted by atomic mass is 9.84. The second-order valence-corrected chi connectivity index (χ2v) is 7.49. The zero-order chi connectivity index (χ0) is 18.4. The topological polar surface area (TPSA) is 63.3 Å². The van der Waals surface area contributed by atoms with Gasteiger partial charge < -0.3 is 10.8 Å². The fourth-order valence-electron chi connectivity index (χ4n) is 3.16. The summed E-state index contributed by atoms with van der Waals surface area (Å²) in [5.41, 5.74) is 9.47. The highest BCUT2D eigenvalue weighted by Gasteiger charge is 2.39. The number of carboxylic acid groups (broad SMARTS) is 1. The maximum Gasteiger partial charge on any atom is 0.305 e. The summed E-state index contributed by atoms with van der Waals surface area (Å²) in [6.45, 7) is 0. The van der Waals surface area contributed by atoms with Crippen LogP contribution in [-0.2, 0) is 9.54 Å². The van der Waals surface area contributed by atoms with E-state index < -0.39 is 16.1 Å². The first-order chi connectivity index (χ1) is 12.6. The summed E-state index contributed by atoms with van der Waals surface area (Å²) in [6.07, 6.45) is -0.0983. The molecule has 0 saturated carbocycles. The van der Waals surface area contributed by atoms with Crippen LogP contribution < -0.4 is 5.73 Å². The van der Waals surface area contributed by atoms with Crippen molar-refractivity contribution in [1.29, 1.82) is 0 Å². The highest BCUT2D eigenvalue weighted by molar-refractivity contribution is 8.01. The number of hydrogen-bond donors (Lipinski definition) is 2. The molecule has 3 aromatic rings. The van der Waals surface area contributed by atoms with E-state index in [2.05, 4.69) is 36.4 Å². The van der Waals surface area contributed by atoms with E-state index in [1.807, 2.05) is 54.6 Å². The van der Waals surface area contributed by atoms with Gasteiger partial charge in [0.15, 0.2) is 0 Å². The highest BCUT2D eigenvalue weighted by atomic mass is 32.2. The SMILES string of the molecule is N[C@@H](CC(=O)O)SC(c1ccccc1)(c1ccccc1)c1ccccc1. The van der Waals surface area contributed by atoms with Crippen LogP contribution in [0.25, 0.3) is 0 Å². The van der Waals surface area contributed by atoms with E-state index in [1.54, 1.807) is 0 Å². The second kappa shape index (κ2) is 8.21. The molecule has 0 amide bonds. The molecule has 3 aromatic carbocycles. The molecule has 0 aliphatic carbocycles. The maximum absolute atomic E-state index is 11.2. The van der Waals surface area contributed by atoms with Crippen LogP contribution in [0.2, 0.25) is 0 Å². The normalized spacial score (nSPS) is 12.5. The zero-order valence-corrected chi connectivity index (χ0v) is 15.1. The summed E-state index contributed by atoms with van der Waals surface area (Å²) in [5.74, 6) is -0.895. The standard InChI is InChI=1S/C22H21NO2S/c23-20(16-21(24)25)26-22(17-10-4-1-5-11-17,18-12-6-2-7-13-18)19-14-8-3-9-15-19/h1-15,20H,16,23H2,(H,24,25)/t20-/m1/s1. The van der Waals surface area contributed by atoms with Crippen molar-refractivity contribution in [3.63, 3.8) is 0 Å². The Kier molecular flexibility index (Phi) is 5.76. The molecule has 4 heteroatoms. The van der Waals surface area contributed by atoms with Crippen molar-refractivity contribution in [2.75, 3.05) is 0 Å². The number of rotatable bonds is 7. The van der Waals surface area contributed by atoms with Crippen molar-refractivity contribution in [1.82, 2.24) is 0 Å². The zero-order valence-electron chi connectivity index (χ0n) is 14.3. The third-order valence-electron chi connectivity index (χ3n) is 4.24. The molecule has 0 saturated heterocycles. The molecule has 0 aliphatic heterocycles. The summed E-state index contributed by atoms with van der Waals surface area (Å²) in [7, 11) is 0. The van der Waals surface area contributed by atoms with Crippen molar-refractivity contribution in [3.8, 4) is 0 Å². The van der Waals surface area contributed by atoms with E-state index in [9.17, 15) is 9.90 Å². The fraction of sp³-hybridized carbons (Fsp3) is 0.136. The smallest absolute Gasteiger partial charge is 0.305 e. The Balaban J connectivity index is 2.23. The van der Waals surface area contributed by atoms with Gasteiger partial charge in [0.25, 0.3) is 0 Å². The van der Waals surface area contributed by atoms with Crippen molar-refractivity contribution in [2.45, 2.75) is 16.5 Å². The maximum atomic E-state index is 11.2. The average molecular weight is 363 g/mol. The first kappa shape index (κ1) is 18.2. The van der Waals surface area contributed by atoms with Crippen LogP contribution in [0.4, 0.5) is 0 Å². The second-order valence-electron chi connectivity index (χ2n) is 6.03. The van der Waals surface area contributed by atoms with Gasteiger partial charge in [-0.25, -0.2) is 0 Å². The molecule has 3 nitrogen and oxygen atoms in total. The van der Waals surface area contributed by atoms with Gasteiger partial charge in [-0.15, -0.1) is 11.8 Å². The van der Waals surface area contributed by atoms with E-state index in [0.29, 0.717) is 0 Å². The van der Waals surface area contributed by atoms with Crippen LogP contribution in [0.5, 0.6) is 0 Å². The molecule has 132 valence electrons. The lowest BCUT2D eigenvalue weighted by molar-refractivity contribution is -0.136. The average Bonchev–Trinajstić information content (AvgIpc) is 2.67. The first-order valence-electron chi connectivity index (χ1n) is 8.44. The minimum Gasteiger partial charge on any atom is -0.481 e. The predicted molar refractivity (Wildman–Crippen MR) is 107 cm³/mol. The van der Waals surface area contributed by atoms with Gasteiger partial charge in [0, 0.05) is 0 Å². The van der Waals surface area contributed by atoms with E-state index >= 15 is 0 Å². The number of benzene rings is 3. The number of thioether (sulfide) groups is 1. The molecular formula is C22H21NO2S. The molecule has 0 fully saturated rings. The van der Waals surface area contributed by atoms with E-state index in [-0.39, 0.29) is 6.42 Å². The van der Waals surface area contributed by atoms with Gasteiger partial charge in [0.2, 0.25) is 0 Å². The number of hydrogen-bond acceptors (Lipinski definition) is 3. The monoisotopic (exact) mass is 363 g/mol. The predicted octanol–water partition coefficient (Wildman–Crippen LogP) is 4.47. The van der Waals surface area contributed by atoms with Gasteiger partial charge in [0.05, 0.1) is 16.5 Å². The molecule has 0 aromatic heterocycles. The summed E-state index contributed by atoms with van der Waals surface area (Å²) in [6, 6.07) is 30.3. The quantitative estimate of drug-likeness (QED) is 0.480. The Morgan fingerprint density at radius 2 is 1.15 bits per heavy atom. The van der Waals surface area contributed by atoms with Crippen LogP contribution in [0, 0.1) is 0 Å². The molecule has 0 spiro atoms. The number of carboxylic acids is 1. The van der Waals surface area contributed by atoms with Gasteiger partial charge in [0.1, 0.15) is 0 Å². The van der Waals surface area contributed by atoms with Gasteiger partial charge in [-0.05, 0) is 16.7 Å². The van der Waals surface area contributed by atoms with Crippen molar-refractivity contribution < 1.29 is 9.90 Å². The lowest BCUT2D eigenvalue weighted by Gasteiger charge is -2.37. The number of nitrogens with two attached hydrogens (primary N) is 1. The molecule has 26 heavy (non-hydrogen) atoms. The Hall–Kier alpha value is -2.56. The molecule has 3 N–H and O–H groups in total. The summed E-state index contributed by atoms with van der Waals surface area (Å²) in [4.78, 5) is 11.2. The fourth-order valence-corrected chi connectivity index (χ4v) is 4.66. The molecule has 0 unspecified atom stereocenters. The Morgan fingerprint density at radius 1 is 0.808 bits per heavy atom. The van der Waals surface area contributed by atoms with E-state index in [0.717, 1.165) is 16.7 Å². The molecule has 0 bridgehead atoms. The lowest BCUT2D eigenvalue weighted by Crippen LogP contribution is -2.32. The molecule has 0 heterocycles. The molecular weight excluding hydrogens is 342 g/mol. The van der Waals surface area contributed by atoms with Gasteiger partial charge >= 0.3 is 5.97 Å². The third kappa shape index (κ3) is 3.82. The highest BCUT2D eigenvalue weighted by Crippen LogP contribution is 2.49. The van der Waals surface area contributed by atoms with Crippen LogP contribution in [0.1, 0.15) is 23.1 Å².